The van der Waals surface area contributed by atoms with E-state index in [1.165, 1.54) is 7.11 Å². The van der Waals surface area contributed by atoms with E-state index in [0.29, 0.717) is 0 Å². The van der Waals surface area contributed by atoms with Gasteiger partial charge in [0, 0.05) is 19.0 Å². The fourth-order valence-electron chi connectivity index (χ4n) is 1.62. The first-order valence-corrected chi connectivity index (χ1v) is 7.48. The average Bonchev–Trinajstić information content (AvgIpc) is 2.45. The van der Waals surface area contributed by atoms with Crippen molar-refractivity contribution in [3.8, 4) is 0 Å². The lowest BCUT2D eigenvalue weighted by molar-refractivity contribution is 0.0327. The molecule has 1 rings (SSSR count). The second-order valence-corrected chi connectivity index (χ2v) is 6.53. The van der Waals surface area contributed by atoms with Crippen LogP contribution in [0.15, 0.2) is 0 Å². The second kappa shape index (κ2) is 5.26. The molecule has 1 unspecified atom stereocenters. The first-order valence-electron chi connectivity index (χ1n) is 4.89. The molecular weight excluding hydrogens is 234 g/mol. The monoisotopic (exact) mass is 250 g/mol. The standard InChI is InChI=1S/C8H16BO4PS/c1-4-6-7(5(2)8(9)12-6)13-14(10,15)11-3/h5-8H,4H2,1-3H3,(H,10,15)/t5-,6+,7-,8+,14?/m0/s1. The van der Waals surface area contributed by atoms with Crippen LogP contribution in [0.4, 0.5) is 0 Å². The van der Waals surface area contributed by atoms with Gasteiger partial charge in [-0.25, -0.2) is 0 Å². The van der Waals surface area contributed by atoms with Crippen LogP contribution in [0.5, 0.6) is 0 Å². The van der Waals surface area contributed by atoms with Gasteiger partial charge >= 0.3 is 6.72 Å². The van der Waals surface area contributed by atoms with Crippen molar-refractivity contribution in [2.75, 3.05) is 7.11 Å². The molecule has 1 fully saturated rings. The summed E-state index contributed by atoms with van der Waals surface area (Å²) in [6.07, 6.45) is 0.349. The molecule has 1 N–H and O–H groups in total. The van der Waals surface area contributed by atoms with Gasteiger partial charge in [0.15, 0.2) is 0 Å². The van der Waals surface area contributed by atoms with Crippen molar-refractivity contribution in [1.82, 2.24) is 0 Å². The predicted octanol–water partition coefficient (Wildman–Crippen LogP) is 1.17. The molecule has 1 aliphatic heterocycles. The molecular formula is C8H16BO4PS. The Bertz CT molecular complexity index is 265. The molecule has 5 atom stereocenters. The average molecular weight is 250 g/mol. The fourth-order valence-corrected chi connectivity index (χ4v) is 2.64. The third kappa shape index (κ3) is 3.25. The van der Waals surface area contributed by atoms with Gasteiger partial charge in [0.25, 0.3) is 0 Å². The Kier molecular flexibility index (Phi) is 4.77. The summed E-state index contributed by atoms with van der Waals surface area (Å²) >= 11 is 4.80. The summed E-state index contributed by atoms with van der Waals surface area (Å²) in [4.78, 5) is 9.59. The van der Waals surface area contributed by atoms with Crippen LogP contribution < -0.4 is 0 Å². The zero-order valence-electron chi connectivity index (χ0n) is 9.12. The van der Waals surface area contributed by atoms with Crippen LogP contribution in [0.2, 0.25) is 0 Å². The quantitative estimate of drug-likeness (QED) is 0.599. The van der Waals surface area contributed by atoms with Gasteiger partial charge in [0.05, 0.1) is 12.2 Å². The van der Waals surface area contributed by atoms with Gasteiger partial charge in [-0.05, 0) is 18.2 Å². The van der Waals surface area contributed by atoms with Crippen LogP contribution in [-0.4, -0.2) is 38.1 Å². The largest absolute Gasteiger partial charge is 0.382 e. The minimum atomic E-state index is -3.14. The van der Waals surface area contributed by atoms with Crippen LogP contribution in [0.25, 0.3) is 0 Å². The molecule has 0 saturated carbocycles. The summed E-state index contributed by atoms with van der Waals surface area (Å²) in [5.74, 6) is -0.000394. The first kappa shape index (κ1) is 13.6. The van der Waals surface area contributed by atoms with E-state index >= 15 is 0 Å². The third-order valence-corrected chi connectivity index (χ3v) is 4.30. The van der Waals surface area contributed by atoms with E-state index in [0.717, 1.165) is 6.42 Å². The Morgan fingerprint density at radius 1 is 1.60 bits per heavy atom. The fraction of sp³-hybridized carbons (Fsp3) is 1.00. The molecule has 86 valence electrons. The minimum Gasteiger partial charge on any atom is -0.382 e. The molecule has 1 aliphatic rings. The highest BCUT2D eigenvalue weighted by molar-refractivity contribution is 8.07. The van der Waals surface area contributed by atoms with Crippen LogP contribution in [0.1, 0.15) is 20.3 Å². The highest BCUT2D eigenvalue weighted by Gasteiger charge is 2.41. The summed E-state index contributed by atoms with van der Waals surface area (Å²) in [7, 11) is 7.08. The Morgan fingerprint density at radius 3 is 2.67 bits per heavy atom. The van der Waals surface area contributed by atoms with Crippen molar-refractivity contribution in [2.24, 2.45) is 5.92 Å². The summed E-state index contributed by atoms with van der Waals surface area (Å²) < 4.78 is 15.6. The van der Waals surface area contributed by atoms with Crippen LogP contribution in [0.3, 0.4) is 0 Å². The van der Waals surface area contributed by atoms with Crippen molar-refractivity contribution < 1.29 is 18.7 Å². The molecule has 2 radical (unpaired) electrons. The molecule has 1 saturated heterocycles. The van der Waals surface area contributed by atoms with Crippen molar-refractivity contribution >= 4 is 26.4 Å². The molecule has 0 amide bonds. The van der Waals surface area contributed by atoms with E-state index in [1.807, 2.05) is 13.8 Å². The number of rotatable bonds is 4. The molecule has 7 heteroatoms. The molecule has 0 aromatic heterocycles. The van der Waals surface area contributed by atoms with Crippen LogP contribution in [0, 0.1) is 5.92 Å². The molecule has 0 aromatic carbocycles. The lowest BCUT2D eigenvalue weighted by Crippen LogP contribution is -2.28. The van der Waals surface area contributed by atoms with Gasteiger partial charge in [-0.1, -0.05) is 13.8 Å². The molecule has 0 bridgehead atoms. The van der Waals surface area contributed by atoms with E-state index in [-0.39, 0.29) is 24.1 Å². The Balaban J connectivity index is 2.70. The van der Waals surface area contributed by atoms with Crippen LogP contribution in [-0.2, 0) is 25.6 Å². The highest BCUT2D eigenvalue weighted by atomic mass is 32.5. The van der Waals surface area contributed by atoms with E-state index in [2.05, 4.69) is 0 Å². The topological polar surface area (TPSA) is 47.9 Å². The van der Waals surface area contributed by atoms with Crippen molar-refractivity contribution in [1.29, 1.82) is 0 Å². The van der Waals surface area contributed by atoms with Gasteiger partial charge in [-0.3, -0.25) is 0 Å². The van der Waals surface area contributed by atoms with E-state index in [9.17, 15) is 4.89 Å². The smallest absolute Gasteiger partial charge is 0.324 e. The summed E-state index contributed by atoms with van der Waals surface area (Å²) in [5.41, 5.74) is 0. The Hall–Kier alpha value is 0.555. The van der Waals surface area contributed by atoms with E-state index in [1.54, 1.807) is 0 Å². The number of hydrogen-bond donors (Lipinski definition) is 1. The SMILES string of the molecule is [B][C@@H]1O[C@H](CC)[C@@H](OP(O)(=S)OC)[C@@H]1C. The van der Waals surface area contributed by atoms with Crippen molar-refractivity contribution in [3.05, 3.63) is 0 Å². The van der Waals surface area contributed by atoms with Crippen LogP contribution >= 0.6 is 6.72 Å². The zero-order valence-corrected chi connectivity index (χ0v) is 10.8. The van der Waals surface area contributed by atoms with Crippen molar-refractivity contribution in [2.45, 2.75) is 38.5 Å². The maximum atomic E-state index is 9.59. The van der Waals surface area contributed by atoms with E-state index < -0.39 is 6.72 Å². The van der Waals surface area contributed by atoms with Gasteiger partial charge in [0.2, 0.25) is 0 Å². The molecule has 0 aromatic rings. The zero-order chi connectivity index (χ0) is 11.6. The third-order valence-electron chi connectivity index (χ3n) is 2.62. The van der Waals surface area contributed by atoms with Gasteiger partial charge in [-0.2, -0.15) is 0 Å². The van der Waals surface area contributed by atoms with Gasteiger partial charge in [0.1, 0.15) is 7.85 Å². The van der Waals surface area contributed by atoms with Gasteiger partial charge < -0.3 is 18.7 Å². The molecule has 15 heavy (non-hydrogen) atoms. The van der Waals surface area contributed by atoms with Gasteiger partial charge in [-0.15, -0.1) is 0 Å². The molecule has 1 heterocycles. The second-order valence-electron chi connectivity index (χ2n) is 3.63. The first-order chi connectivity index (χ1) is 6.91. The number of ether oxygens (including phenoxy) is 1. The number of hydrogen-bond acceptors (Lipinski definition) is 4. The lowest BCUT2D eigenvalue weighted by atomic mass is 9.86. The normalized spacial score (nSPS) is 40.3. The maximum Gasteiger partial charge on any atom is 0.324 e. The molecule has 4 nitrogen and oxygen atoms in total. The Labute approximate surface area is 97.0 Å². The minimum absolute atomic E-state index is 0.000394. The predicted molar refractivity (Wildman–Crippen MR) is 62.3 cm³/mol. The molecule has 0 aliphatic carbocycles. The Morgan fingerprint density at radius 2 is 2.20 bits per heavy atom. The summed E-state index contributed by atoms with van der Waals surface area (Å²) in [5, 5.41) is 0. The summed E-state index contributed by atoms with van der Waals surface area (Å²) in [6.45, 7) is 0.745. The maximum absolute atomic E-state index is 9.59. The highest BCUT2D eigenvalue weighted by Crippen LogP contribution is 2.48. The molecule has 0 spiro atoms. The van der Waals surface area contributed by atoms with Crippen molar-refractivity contribution in [3.63, 3.8) is 0 Å². The lowest BCUT2D eigenvalue weighted by Gasteiger charge is -2.24. The van der Waals surface area contributed by atoms with E-state index in [4.69, 9.17) is 33.4 Å². The summed E-state index contributed by atoms with van der Waals surface area (Å²) in [6, 6.07) is -0.369.